The lowest BCUT2D eigenvalue weighted by atomic mass is 10.1. The maximum atomic E-state index is 5.59. The fourth-order valence-electron chi connectivity index (χ4n) is 1.82. The number of nitrogens with one attached hydrogen (secondary N) is 1. The van der Waals surface area contributed by atoms with Crippen molar-refractivity contribution >= 4 is 6.08 Å². The molecule has 0 bridgehead atoms. The van der Waals surface area contributed by atoms with Crippen LogP contribution >= 0.6 is 0 Å². The summed E-state index contributed by atoms with van der Waals surface area (Å²) in [6, 6.07) is 8.28. The van der Waals surface area contributed by atoms with Crippen LogP contribution in [0.2, 0.25) is 0 Å². The van der Waals surface area contributed by atoms with Crippen molar-refractivity contribution in [3.63, 3.8) is 0 Å². The van der Waals surface area contributed by atoms with E-state index in [2.05, 4.69) is 37.4 Å². The molecule has 0 aromatic heterocycles. The first kappa shape index (κ1) is 16.7. The van der Waals surface area contributed by atoms with Gasteiger partial charge in [-0.3, -0.25) is 0 Å². The lowest BCUT2D eigenvalue weighted by Gasteiger charge is -2.08. The molecule has 0 saturated carbocycles. The van der Waals surface area contributed by atoms with Crippen molar-refractivity contribution in [1.29, 1.82) is 0 Å². The molecule has 3 heteroatoms. The first-order chi connectivity index (χ1) is 9.80. The number of ether oxygens (including phenoxy) is 2. The average Bonchev–Trinajstić information content (AvgIpc) is 2.49. The normalized spacial score (nSPS) is 11.7. The van der Waals surface area contributed by atoms with E-state index in [1.807, 2.05) is 12.1 Å². The Morgan fingerprint density at radius 2 is 1.90 bits per heavy atom. The predicted molar refractivity (Wildman–Crippen MR) is 85.2 cm³/mol. The van der Waals surface area contributed by atoms with Crippen molar-refractivity contribution in [3.05, 3.63) is 35.4 Å². The van der Waals surface area contributed by atoms with Crippen LogP contribution in [-0.2, 0) is 4.74 Å². The molecule has 0 spiro atoms. The third-order valence-electron chi connectivity index (χ3n) is 3.01. The molecule has 0 fully saturated rings. The minimum Gasteiger partial charge on any atom is -0.494 e. The Kier molecular flexibility index (Phi) is 8.76. The second-order valence-electron chi connectivity index (χ2n) is 4.74. The Morgan fingerprint density at radius 1 is 1.15 bits per heavy atom. The molecule has 1 N–H and O–H groups in total. The Bertz CT molecular complexity index is 384. The van der Waals surface area contributed by atoms with Crippen LogP contribution in [-0.4, -0.2) is 33.4 Å². The lowest BCUT2D eigenvalue weighted by molar-refractivity contribution is 0.200. The quantitative estimate of drug-likeness (QED) is 0.664. The summed E-state index contributed by atoms with van der Waals surface area (Å²) < 4.78 is 10.6. The van der Waals surface area contributed by atoms with E-state index in [0.29, 0.717) is 0 Å². The SMILES string of the molecule is CCCOc1ccc(C=C(CC)CNCCOC)cc1. The Labute approximate surface area is 123 Å². The molecule has 112 valence electrons. The van der Waals surface area contributed by atoms with Crippen molar-refractivity contribution in [2.24, 2.45) is 0 Å². The summed E-state index contributed by atoms with van der Waals surface area (Å²) in [6.07, 6.45) is 4.33. The van der Waals surface area contributed by atoms with E-state index in [0.717, 1.165) is 44.9 Å². The largest absolute Gasteiger partial charge is 0.494 e. The second-order valence-corrected chi connectivity index (χ2v) is 4.74. The van der Waals surface area contributed by atoms with Gasteiger partial charge in [-0.05, 0) is 30.5 Å². The summed E-state index contributed by atoms with van der Waals surface area (Å²) >= 11 is 0. The molecular formula is C17H27NO2. The van der Waals surface area contributed by atoms with E-state index in [9.17, 15) is 0 Å². The van der Waals surface area contributed by atoms with Gasteiger partial charge in [0, 0.05) is 20.2 Å². The molecule has 1 aromatic carbocycles. The van der Waals surface area contributed by atoms with Crippen LogP contribution in [0.4, 0.5) is 0 Å². The van der Waals surface area contributed by atoms with Crippen molar-refractivity contribution in [2.75, 3.05) is 33.4 Å². The van der Waals surface area contributed by atoms with Gasteiger partial charge < -0.3 is 14.8 Å². The van der Waals surface area contributed by atoms with Crippen LogP contribution in [0.15, 0.2) is 29.8 Å². The van der Waals surface area contributed by atoms with Gasteiger partial charge in [0.2, 0.25) is 0 Å². The topological polar surface area (TPSA) is 30.5 Å². The number of benzene rings is 1. The highest BCUT2D eigenvalue weighted by Gasteiger charge is 1.97. The van der Waals surface area contributed by atoms with Crippen molar-refractivity contribution < 1.29 is 9.47 Å². The summed E-state index contributed by atoms with van der Waals surface area (Å²) in [6.45, 7) is 7.62. The van der Waals surface area contributed by atoms with Gasteiger partial charge in [-0.1, -0.05) is 37.6 Å². The van der Waals surface area contributed by atoms with Crippen LogP contribution in [0.3, 0.4) is 0 Å². The average molecular weight is 277 g/mol. The molecule has 0 unspecified atom stereocenters. The highest BCUT2D eigenvalue weighted by molar-refractivity contribution is 5.54. The van der Waals surface area contributed by atoms with Gasteiger partial charge in [0.15, 0.2) is 0 Å². The summed E-state index contributed by atoms with van der Waals surface area (Å²) in [7, 11) is 1.72. The van der Waals surface area contributed by atoms with Crippen molar-refractivity contribution in [3.8, 4) is 5.75 Å². The van der Waals surface area contributed by atoms with Gasteiger partial charge in [0.1, 0.15) is 5.75 Å². The molecule has 1 rings (SSSR count). The number of rotatable bonds is 10. The zero-order chi connectivity index (χ0) is 14.6. The first-order valence-corrected chi connectivity index (χ1v) is 7.42. The van der Waals surface area contributed by atoms with Crippen LogP contribution in [0, 0.1) is 0 Å². The van der Waals surface area contributed by atoms with E-state index >= 15 is 0 Å². The minimum absolute atomic E-state index is 0.750. The third-order valence-corrected chi connectivity index (χ3v) is 3.01. The minimum atomic E-state index is 0.750. The molecule has 0 amide bonds. The van der Waals surface area contributed by atoms with Gasteiger partial charge in [0.05, 0.1) is 13.2 Å². The molecule has 1 aromatic rings. The first-order valence-electron chi connectivity index (χ1n) is 7.42. The molecule has 0 saturated heterocycles. The molecule has 3 nitrogen and oxygen atoms in total. The fourth-order valence-corrected chi connectivity index (χ4v) is 1.82. The van der Waals surface area contributed by atoms with Crippen LogP contribution in [0.1, 0.15) is 32.3 Å². The van der Waals surface area contributed by atoms with Gasteiger partial charge in [0.25, 0.3) is 0 Å². The van der Waals surface area contributed by atoms with Gasteiger partial charge in [-0.15, -0.1) is 0 Å². The lowest BCUT2D eigenvalue weighted by Crippen LogP contribution is -2.21. The zero-order valence-corrected chi connectivity index (χ0v) is 12.9. The van der Waals surface area contributed by atoms with Crippen molar-refractivity contribution in [2.45, 2.75) is 26.7 Å². The van der Waals surface area contributed by atoms with E-state index < -0.39 is 0 Å². The van der Waals surface area contributed by atoms with E-state index in [1.54, 1.807) is 7.11 Å². The van der Waals surface area contributed by atoms with E-state index in [4.69, 9.17) is 9.47 Å². The summed E-state index contributed by atoms with van der Waals surface area (Å²) in [5.74, 6) is 0.945. The van der Waals surface area contributed by atoms with Gasteiger partial charge >= 0.3 is 0 Å². The molecule has 0 aliphatic rings. The molecule has 0 aliphatic carbocycles. The predicted octanol–water partition coefficient (Wildman–Crippen LogP) is 3.50. The second kappa shape index (κ2) is 10.5. The maximum Gasteiger partial charge on any atom is 0.119 e. The molecule has 20 heavy (non-hydrogen) atoms. The molecule has 0 heterocycles. The van der Waals surface area contributed by atoms with Crippen LogP contribution < -0.4 is 10.1 Å². The third kappa shape index (κ3) is 6.73. The van der Waals surface area contributed by atoms with Crippen LogP contribution in [0.25, 0.3) is 6.08 Å². The fraction of sp³-hybridized carbons (Fsp3) is 0.529. The number of methoxy groups -OCH3 is 1. The van der Waals surface area contributed by atoms with E-state index in [1.165, 1.54) is 11.1 Å². The Morgan fingerprint density at radius 3 is 2.50 bits per heavy atom. The standard InChI is InChI=1S/C17H27NO2/c1-4-11-20-17-8-6-16(7-9-17)13-15(5-2)14-18-10-12-19-3/h6-9,13,18H,4-5,10-12,14H2,1-3H3. The summed E-state index contributed by atoms with van der Waals surface area (Å²) in [4.78, 5) is 0. The molecule has 0 atom stereocenters. The summed E-state index contributed by atoms with van der Waals surface area (Å²) in [5.41, 5.74) is 2.61. The molecule has 0 radical (unpaired) electrons. The molecular weight excluding hydrogens is 250 g/mol. The smallest absolute Gasteiger partial charge is 0.119 e. The Hall–Kier alpha value is -1.32. The highest BCUT2D eigenvalue weighted by Crippen LogP contribution is 2.15. The number of hydrogen-bond acceptors (Lipinski definition) is 3. The molecule has 0 aliphatic heterocycles. The van der Waals surface area contributed by atoms with E-state index in [-0.39, 0.29) is 0 Å². The monoisotopic (exact) mass is 277 g/mol. The van der Waals surface area contributed by atoms with Gasteiger partial charge in [-0.25, -0.2) is 0 Å². The zero-order valence-electron chi connectivity index (χ0n) is 12.9. The highest BCUT2D eigenvalue weighted by atomic mass is 16.5. The Balaban J connectivity index is 2.51. The van der Waals surface area contributed by atoms with Gasteiger partial charge in [-0.2, -0.15) is 0 Å². The summed E-state index contributed by atoms with van der Waals surface area (Å²) in [5, 5.41) is 3.38. The van der Waals surface area contributed by atoms with Crippen molar-refractivity contribution in [1.82, 2.24) is 5.32 Å². The number of hydrogen-bond donors (Lipinski definition) is 1. The van der Waals surface area contributed by atoms with Crippen LogP contribution in [0.5, 0.6) is 5.75 Å². The maximum absolute atomic E-state index is 5.59.